The van der Waals surface area contributed by atoms with Crippen LogP contribution in [0.15, 0.2) is 48.5 Å². The number of hydrogen-bond donors (Lipinski definition) is 2. The second-order valence-electron chi connectivity index (χ2n) is 9.25. The van der Waals surface area contributed by atoms with E-state index >= 15 is 0 Å². The number of fused-ring (bicyclic) bond motifs is 6. The quantitative estimate of drug-likeness (QED) is 0.765. The van der Waals surface area contributed by atoms with Gasteiger partial charge in [0, 0.05) is 22.0 Å². The van der Waals surface area contributed by atoms with E-state index in [4.69, 9.17) is 4.74 Å². The number of esters is 1. The van der Waals surface area contributed by atoms with E-state index in [0.717, 1.165) is 11.1 Å². The molecule has 2 aromatic rings. The van der Waals surface area contributed by atoms with E-state index in [-0.39, 0.29) is 0 Å². The first kappa shape index (κ1) is 20.1. The zero-order valence-corrected chi connectivity index (χ0v) is 17.9. The minimum Gasteiger partial charge on any atom is -0.468 e. The molecule has 2 N–H and O–H groups in total. The minimum atomic E-state index is -1.63. The zero-order valence-electron chi connectivity index (χ0n) is 17.9. The summed E-state index contributed by atoms with van der Waals surface area (Å²) in [6.07, 6.45) is 0. The number of methoxy groups -OCH3 is 1. The summed E-state index contributed by atoms with van der Waals surface area (Å²) in [5.41, 5.74) is -1.77. The van der Waals surface area contributed by atoms with Crippen LogP contribution in [0.5, 0.6) is 0 Å². The normalized spacial score (nSPS) is 30.1. The van der Waals surface area contributed by atoms with Gasteiger partial charge >= 0.3 is 5.97 Å². The largest absolute Gasteiger partial charge is 0.468 e. The molecule has 5 nitrogen and oxygen atoms in total. The zero-order chi connectivity index (χ0) is 21.4. The molecule has 0 radical (unpaired) electrons. The van der Waals surface area contributed by atoms with Crippen LogP contribution in [-0.2, 0) is 31.8 Å². The van der Waals surface area contributed by atoms with E-state index < -0.39 is 34.3 Å². The lowest BCUT2D eigenvalue weighted by Crippen LogP contribution is -2.78. The van der Waals surface area contributed by atoms with Crippen LogP contribution < -0.4 is 0 Å². The van der Waals surface area contributed by atoms with E-state index in [0.29, 0.717) is 11.1 Å². The van der Waals surface area contributed by atoms with Gasteiger partial charge in [0.25, 0.3) is 0 Å². The van der Waals surface area contributed by atoms with Crippen molar-refractivity contribution < 1.29 is 19.7 Å². The Morgan fingerprint density at radius 2 is 1.17 bits per heavy atom. The first-order valence-electron chi connectivity index (χ1n) is 9.99. The molecule has 154 valence electrons. The van der Waals surface area contributed by atoms with E-state index in [1.807, 2.05) is 76.2 Å². The van der Waals surface area contributed by atoms with Crippen molar-refractivity contribution >= 4 is 5.97 Å². The highest BCUT2D eigenvalue weighted by Gasteiger charge is 2.72. The van der Waals surface area contributed by atoms with Gasteiger partial charge in [0.05, 0.1) is 7.11 Å². The molecule has 2 heterocycles. The van der Waals surface area contributed by atoms with Crippen molar-refractivity contribution in [1.82, 2.24) is 4.90 Å². The molecule has 0 fully saturated rings. The molecule has 3 unspecified atom stereocenters. The third-order valence-corrected chi connectivity index (χ3v) is 7.32. The molecule has 0 saturated heterocycles. The average molecular weight is 395 g/mol. The van der Waals surface area contributed by atoms with Crippen LogP contribution in [0.3, 0.4) is 0 Å². The molecule has 0 amide bonds. The topological polar surface area (TPSA) is 70.0 Å². The minimum absolute atomic E-state index is 0.507. The molecular weight excluding hydrogens is 366 g/mol. The van der Waals surface area contributed by atoms with Crippen molar-refractivity contribution in [3.05, 3.63) is 70.8 Å². The molecule has 0 spiro atoms. The van der Waals surface area contributed by atoms with Gasteiger partial charge in [-0.15, -0.1) is 0 Å². The van der Waals surface area contributed by atoms with Gasteiger partial charge in [-0.25, -0.2) is 4.90 Å². The van der Waals surface area contributed by atoms with Crippen LogP contribution in [0.25, 0.3) is 0 Å². The third-order valence-electron chi connectivity index (χ3n) is 7.32. The second-order valence-corrected chi connectivity index (χ2v) is 9.25. The first-order valence-corrected chi connectivity index (χ1v) is 9.99. The van der Waals surface area contributed by atoms with Gasteiger partial charge in [-0.05, 0) is 18.1 Å². The fourth-order valence-electron chi connectivity index (χ4n) is 5.65. The Morgan fingerprint density at radius 3 is 1.52 bits per heavy atom. The molecule has 4 rings (SSSR count). The number of carbonyl (C=O) groups excluding carboxylic acids is 1. The van der Waals surface area contributed by atoms with E-state index in [9.17, 15) is 15.0 Å². The van der Waals surface area contributed by atoms with Gasteiger partial charge in [0.15, 0.2) is 11.4 Å². The number of nitrogens with zero attached hydrogens (tertiary/aromatic N) is 1. The fraction of sp³-hybridized carbons (Fsp3) is 0.458. The van der Waals surface area contributed by atoms with Crippen LogP contribution in [0.2, 0.25) is 0 Å². The molecule has 2 bridgehead atoms. The van der Waals surface area contributed by atoms with Gasteiger partial charge in [-0.3, -0.25) is 4.79 Å². The van der Waals surface area contributed by atoms with Crippen LogP contribution in [0.1, 0.15) is 56.9 Å². The van der Waals surface area contributed by atoms with E-state index in [1.54, 1.807) is 11.8 Å². The molecule has 2 aliphatic rings. The van der Waals surface area contributed by atoms with Gasteiger partial charge in [0.1, 0.15) is 6.04 Å². The molecule has 0 aliphatic carbocycles. The Morgan fingerprint density at radius 1 is 0.828 bits per heavy atom. The maximum Gasteiger partial charge on any atom is 0.322 e. The Bertz CT molecular complexity index is 928. The molecule has 0 saturated carbocycles. The summed E-state index contributed by atoms with van der Waals surface area (Å²) in [4.78, 5) is 14.3. The summed E-state index contributed by atoms with van der Waals surface area (Å²) in [5, 5.41) is 24.9. The number of carbonyl (C=O) groups is 1. The number of ether oxygens (including phenoxy) is 1. The Kier molecular flexibility index (Phi) is 4.09. The summed E-state index contributed by atoms with van der Waals surface area (Å²) < 4.78 is 5.03. The van der Waals surface area contributed by atoms with Crippen LogP contribution in [0.4, 0.5) is 0 Å². The Labute approximate surface area is 171 Å². The van der Waals surface area contributed by atoms with Crippen molar-refractivity contribution in [1.29, 1.82) is 0 Å². The molecule has 2 aromatic carbocycles. The van der Waals surface area contributed by atoms with E-state index in [1.165, 1.54) is 7.11 Å². The molecule has 0 aromatic heterocycles. The average Bonchev–Trinajstić information content (AvgIpc) is 2.71. The lowest BCUT2D eigenvalue weighted by Gasteiger charge is -2.68. The van der Waals surface area contributed by atoms with E-state index in [2.05, 4.69) is 0 Å². The SMILES string of the molecule is COC(=O)C(C)N1C2(O)c3ccccc3C(C)(C)C1(O)c1ccccc1C2(C)C. The highest BCUT2D eigenvalue weighted by molar-refractivity contribution is 5.76. The number of benzene rings is 2. The fourth-order valence-corrected chi connectivity index (χ4v) is 5.65. The molecular formula is C24H29NO4. The smallest absolute Gasteiger partial charge is 0.322 e. The Balaban J connectivity index is 2.21. The molecule has 3 atom stereocenters. The predicted octanol–water partition coefficient (Wildman–Crippen LogP) is 3.12. The van der Waals surface area contributed by atoms with Gasteiger partial charge in [-0.1, -0.05) is 76.2 Å². The van der Waals surface area contributed by atoms with Crippen molar-refractivity contribution in [3.63, 3.8) is 0 Å². The standard InChI is InChI=1S/C24H29NO4/c1-15(20(26)29-6)25-23(27)19-14-10-8-12-17(19)22(4,5)24(25,28)18-13-9-7-11-16(18)21(23,2)3/h7-15,27-28H,1-6H3. The molecule has 2 aliphatic heterocycles. The number of hydrogen-bond acceptors (Lipinski definition) is 5. The first-order chi connectivity index (χ1) is 13.5. The maximum atomic E-state index is 12.7. The van der Waals surface area contributed by atoms with Gasteiger partial charge < -0.3 is 14.9 Å². The number of rotatable bonds is 2. The van der Waals surface area contributed by atoms with Gasteiger partial charge in [0.2, 0.25) is 0 Å². The highest BCUT2D eigenvalue weighted by Crippen LogP contribution is 2.65. The maximum absolute atomic E-state index is 12.7. The summed E-state index contributed by atoms with van der Waals surface area (Å²) in [6, 6.07) is 14.4. The van der Waals surface area contributed by atoms with Crippen LogP contribution in [-0.4, -0.2) is 34.2 Å². The number of aliphatic hydroxyl groups is 2. The van der Waals surface area contributed by atoms with Crippen LogP contribution >= 0.6 is 0 Å². The van der Waals surface area contributed by atoms with Crippen molar-refractivity contribution in [3.8, 4) is 0 Å². The lowest BCUT2D eigenvalue weighted by molar-refractivity contribution is -0.325. The summed E-state index contributed by atoms with van der Waals surface area (Å²) >= 11 is 0. The van der Waals surface area contributed by atoms with Crippen molar-refractivity contribution in [2.24, 2.45) is 0 Å². The van der Waals surface area contributed by atoms with Gasteiger partial charge in [-0.2, -0.15) is 0 Å². The predicted molar refractivity (Wildman–Crippen MR) is 110 cm³/mol. The molecule has 5 heteroatoms. The summed E-state index contributed by atoms with van der Waals surface area (Å²) in [5.74, 6) is -0.507. The third kappa shape index (κ3) is 2.08. The highest BCUT2D eigenvalue weighted by atomic mass is 16.5. The monoisotopic (exact) mass is 395 g/mol. The summed E-state index contributed by atoms with van der Waals surface area (Å²) in [6.45, 7) is 9.50. The van der Waals surface area contributed by atoms with Crippen molar-refractivity contribution in [2.75, 3.05) is 7.11 Å². The molecule has 29 heavy (non-hydrogen) atoms. The summed E-state index contributed by atoms with van der Waals surface area (Å²) in [7, 11) is 1.32. The lowest BCUT2D eigenvalue weighted by atomic mass is 9.53. The Hall–Kier alpha value is -2.21. The van der Waals surface area contributed by atoms with Crippen molar-refractivity contribution in [2.45, 2.75) is 62.9 Å². The van der Waals surface area contributed by atoms with Crippen LogP contribution in [0, 0.1) is 0 Å². The second kappa shape index (κ2) is 5.91.